The maximum absolute atomic E-state index is 5.39. The first-order chi connectivity index (χ1) is 13.0. The highest BCUT2D eigenvalue weighted by molar-refractivity contribution is 14.0. The van der Waals surface area contributed by atoms with E-state index < -0.39 is 0 Å². The van der Waals surface area contributed by atoms with Crippen molar-refractivity contribution in [1.29, 1.82) is 0 Å². The first-order valence-corrected chi connectivity index (χ1v) is 9.95. The summed E-state index contributed by atoms with van der Waals surface area (Å²) in [4.78, 5) is 6.95. The van der Waals surface area contributed by atoms with Crippen LogP contribution in [0, 0.1) is 0 Å². The Kier molecular flexibility index (Phi) is 15.6. The third-order valence-corrected chi connectivity index (χ3v) is 4.52. The summed E-state index contributed by atoms with van der Waals surface area (Å²) in [6.45, 7) is 6.98. The van der Waals surface area contributed by atoms with E-state index in [1.54, 1.807) is 21.3 Å². The summed E-state index contributed by atoms with van der Waals surface area (Å²) in [6, 6.07) is 3.94. The monoisotopic (exact) mass is 572 g/mol. The maximum atomic E-state index is 5.39. The van der Waals surface area contributed by atoms with E-state index in [9.17, 15) is 0 Å². The summed E-state index contributed by atoms with van der Waals surface area (Å²) in [7, 11) is 7.10. The predicted molar refractivity (Wildman–Crippen MR) is 129 cm³/mol. The van der Waals surface area contributed by atoms with Crippen molar-refractivity contribution in [2.45, 2.75) is 19.9 Å². The van der Waals surface area contributed by atoms with Gasteiger partial charge in [-0.05, 0) is 54.0 Å². The van der Waals surface area contributed by atoms with E-state index >= 15 is 0 Å². The van der Waals surface area contributed by atoms with Crippen LogP contribution in [0.5, 0.6) is 11.5 Å². The van der Waals surface area contributed by atoms with E-state index in [2.05, 4.69) is 50.4 Å². The number of hydrogen-bond donors (Lipinski definition) is 2. The van der Waals surface area contributed by atoms with Crippen LogP contribution in [0.1, 0.15) is 18.9 Å². The molecular formula is C19H34BrIN4O3. The van der Waals surface area contributed by atoms with E-state index in [1.165, 1.54) is 0 Å². The quantitative estimate of drug-likeness (QED) is 0.174. The van der Waals surface area contributed by atoms with Gasteiger partial charge in [-0.2, -0.15) is 0 Å². The van der Waals surface area contributed by atoms with Gasteiger partial charge in [0.2, 0.25) is 0 Å². The van der Waals surface area contributed by atoms with E-state index in [4.69, 9.17) is 14.2 Å². The summed E-state index contributed by atoms with van der Waals surface area (Å²) in [5.41, 5.74) is 1.04. The van der Waals surface area contributed by atoms with Crippen LogP contribution in [0.2, 0.25) is 0 Å². The van der Waals surface area contributed by atoms with Crippen molar-refractivity contribution >= 4 is 45.9 Å². The molecule has 0 saturated heterocycles. The SMILES string of the molecule is CCNC(=NCc1cc(Br)c(OC)c(OC)c1)NCCN(C)CCCOC.I. The van der Waals surface area contributed by atoms with Crippen molar-refractivity contribution in [3.05, 3.63) is 22.2 Å². The lowest BCUT2D eigenvalue weighted by molar-refractivity contribution is 0.180. The van der Waals surface area contributed by atoms with Crippen LogP contribution in [0.15, 0.2) is 21.6 Å². The number of hydrogen-bond acceptors (Lipinski definition) is 5. The van der Waals surface area contributed by atoms with E-state index in [0.717, 1.165) is 55.2 Å². The molecule has 162 valence electrons. The lowest BCUT2D eigenvalue weighted by Gasteiger charge is -2.18. The number of nitrogens with zero attached hydrogens (tertiary/aromatic N) is 2. The van der Waals surface area contributed by atoms with Gasteiger partial charge in [0.25, 0.3) is 0 Å². The lowest BCUT2D eigenvalue weighted by Crippen LogP contribution is -2.41. The number of guanidine groups is 1. The van der Waals surface area contributed by atoms with Gasteiger partial charge in [0, 0.05) is 39.9 Å². The number of likely N-dealkylation sites (N-methyl/N-ethyl adjacent to an activating group) is 1. The average molecular weight is 573 g/mol. The summed E-state index contributed by atoms with van der Waals surface area (Å²) in [5, 5.41) is 6.65. The van der Waals surface area contributed by atoms with E-state index in [-0.39, 0.29) is 24.0 Å². The molecule has 28 heavy (non-hydrogen) atoms. The summed E-state index contributed by atoms with van der Waals surface area (Å²) >= 11 is 3.52. The first-order valence-electron chi connectivity index (χ1n) is 9.15. The summed E-state index contributed by atoms with van der Waals surface area (Å²) < 4.78 is 16.7. The molecule has 0 bridgehead atoms. The van der Waals surface area contributed by atoms with Gasteiger partial charge < -0.3 is 29.7 Å². The number of halogens is 2. The molecule has 1 rings (SSSR count). The van der Waals surface area contributed by atoms with Gasteiger partial charge in [0.1, 0.15) is 0 Å². The molecule has 0 radical (unpaired) electrons. The number of nitrogens with one attached hydrogen (secondary N) is 2. The molecule has 2 N–H and O–H groups in total. The van der Waals surface area contributed by atoms with Crippen molar-refractivity contribution in [1.82, 2.24) is 15.5 Å². The summed E-state index contributed by atoms with van der Waals surface area (Å²) in [6.07, 6.45) is 1.04. The van der Waals surface area contributed by atoms with Crippen LogP contribution in [0.3, 0.4) is 0 Å². The molecule has 0 fully saturated rings. The zero-order chi connectivity index (χ0) is 20.1. The summed E-state index contributed by atoms with van der Waals surface area (Å²) in [5.74, 6) is 2.17. The molecule has 0 aromatic heterocycles. The van der Waals surface area contributed by atoms with Gasteiger partial charge in [0.05, 0.1) is 25.2 Å². The Bertz CT molecular complexity index is 591. The molecule has 7 nitrogen and oxygen atoms in total. The molecule has 0 aliphatic rings. The lowest BCUT2D eigenvalue weighted by atomic mass is 10.2. The standard InChI is InChI=1S/C19H33BrN4O3.HI/c1-6-21-19(22-8-10-24(2)9-7-11-25-3)23-14-15-12-16(20)18(27-5)17(13-15)26-4;/h12-13H,6-11,14H2,1-5H3,(H2,21,22,23);1H. The molecule has 1 aromatic rings. The third-order valence-electron chi connectivity index (χ3n) is 3.93. The fourth-order valence-electron chi connectivity index (χ4n) is 2.53. The first kappa shape index (κ1) is 27.2. The average Bonchev–Trinajstić information content (AvgIpc) is 2.65. The Morgan fingerprint density at radius 2 is 1.89 bits per heavy atom. The highest BCUT2D eigenvalue weighted by atomic mass is 127. The number of rotatable bonds is 12. The van der Waals surface area contributed by atoms with Crippen LogP contribution in [-0.4, -0.2) is 72.0 Å². The zero-order valence-corrected chi connectivity index (χ0v) is 21.4. The molecule has 0 atom stereocenters. The minimum Gasteiger partial charge on any atom is -0.493 e. The fraction of sp³-hybridized carbons (Fsp3) is 0.632. The fourth-order valence-corrected chi connectivity index (χ4v) is 3.18. The van der Waals surface area contributed by atoms with Gasteiger partial charge >= 0.3 is 0 Å². The van der Waals surface area contributed by atoms with Crippen LogP contribution >= 0.6 is 39.9 Å². The molecule has 1 aromatic carbocycles. The van der Waals surface area contributed by atoms with Crippen molar-refractivity contribution in [3.8, 4) is 11.5 Å². The Hall–Kier alpha value is -0.780. The molecule has 0 amide bonds. The smallest absolute Gasteiger partial charge is 0.191 e. The molecular weight excluding hydrogens is 539 g/mol. The van der Waals surface area contributed by atoms with Crippen LogP contribution in [-0.2, 0) is 11.3 Å². The molecule has 0 spiro atoms. The Morgan fingerprint density at radius 3 is 2.50 bits per heavy atom. The highest BCUT2D eigenvalue weighted by Gasteiger charge is 2.10. The Labute approximate surface area is 194 Å². The number of ether oxygens (including phenoxy) is 3. The van der Waals surface area contributed by atoms with Crippen molar-refractivity contribution < 1.29 is 14.2 Å². The zero-order valence-electron chi connectivity index (χ0n) is 17.5. The van der Waals surface area contributed by atoms with Crippen LogP contribution in [0.25, 0.3) is 0 Å². The number of methoxy groups -OCH3 is 3. The van der Waals surface area contributed by atoms with E-state index in [1.807, 2.05) is 12.1 Å². The van der Waals surface area contributed by atoms with Gasteiger partial charge in [-0.1, -0.05) is 0 Å². The second kappa shape index (κ2) is 16.1. The molecule has 0 aliphatic heterocycles. The van der Waals surface area contributed by atoms with Crippen molar-refractivity contribution in [2.75, 3.05) is 61.2 Å². The van der Waals surface area contributed by atoms with Crippen molar-refractivity contribution in [2.24, 2.45) is 4.99 Å². The van der Waals surface area contributed by atoms with Crippen LogP contribution in [0.4, 0.5) is 0 Å². The normalized spacial score (nSPS) is 11.2. The van der Waals surface area contributed by atoms with Crippen LogP contribution < -0.4 is 20.1 Å². The van der Waals surface area contributed by atoms with Gasteiger partial charge in [0.15, 0.2) is 17.5 Å². The third kappa shape index (κ3) is 10.1. The number of aliphatic imine (C=N–C) groups is 1. The maximum Gasteiger partial charge on any atom is 0.191 e. The highest BCUT2D eigenvalue weighted by Crippen LogP contribution is 2.36. The Morgan fingerprint density at radius 1 is 1.14 bits per heavy atom. The van der Waals surface area contributed by atoms with Gasteiger partial charge in [-0.15, -0.1) is 24.0 Å². The topological polar surface area (TPSA) is 67.4 Å². The largest absolute Gasteiger partial charge is 0.493 e. The second-order valence-electron chi connectivity index (χ2n) is 6.08. The van der Waals surface area contributed by atoms with E-state index in [0.29, 0.717) is 18.0 Å². The Balaban J connectivity index is 0.00000729. The molecule has 0 unspecified atom stereocenters. The number of benzene rings is 1. The van der Waals surface area contributed by atoms with Crippen molar-refractivity contribution in [3.63, 3.8) is 0 Å². The predicted octanol–water partition coefficient (Wildman–Crippen LogP) is 3.11. The minimum atomic E-state index is 0. The minimum absolute atomic E-state index is 0. The van der Waals surface area contributed by atoms with Gasteiger partial charge in [-0.25, -0.2) is 4.99 Å². The molecule has 9 heteroatoms. The second-order valence-corrected chi connectivity index (χ2v) is 6.94. The molecule has 0 aliphatic carbocycles. The molecule has 0 heterocycles. The molecule has 0 saturated carbocycles. The van der Waals surface area contributed by atoms with Gasteiger partial charge in [-0.3, -0.25) is 0 Å².